The van der Waals surface area contributed by atoms with Crippen LogP contribution in [0, 0.1) is 0 Å². The van der Waals surface area contributed by atoms with E-state index in [0.29, 0.717) is 22.0 Å². The van der Waals surface area contributed by atoms with E-state index in [-0.39, 0.29) is 10.9 Å². The van der Waals surface area contributed by atoms with Crippen molar-refractivity contribution in [2.24, 2.45) is 0 Å². The maximum atomic E-state index is 12.2. The molecule has 1 aromatic carbocycles. The summed E-state index contributed by atoms with van der Waals surface area (Å²) >= 11 is 6.51. The zero-order valence-electron chi connectivity index (χ0n) is 10.1. The molecule has 1 N–H and O–H groups in total. The highest BCUT2D eigenvalue weighted by atomic mass is 79.9. The van der Waals surface area contributed by atoms with E-state index in [4.69, 9.17) is 4.74 Å². The summed E-state index contributed by atoms with van der Waals surface area (Å²) in [6.07, 6.45) is 0.665. The number of rotatable bonds is 6. The van der Waals surface area contributed by atoms with Gasteiger partial charge < -0.3 is 4.74 Å². The van der Waals surface area contributed by atoms with Crippen molar-refractivity contribution in [3.8, 4) is 0 Å². The van der Waals surface area contributed by atoms with Gasteiger partial charge in [-0.05, 0) is 40.5 Å². The minimum Gasteiger partial charge on any atom is -0.383 e. The smallest absolute Gasteiger partial charge is 0.242 e. The lowest BCUT2D eigenvalue weighted by atomic mass is 10.3. The predicted octanol–water partition coefficient (Wildman–Crippen LogP) is 2.91. The topological polar surface area (TPSA) is 55.4 Å². The lowest BCUT2D eigenvalue weighted by molar-refractivity contribution is 0.173. The lowest BCUT2D eigenvalue weighted by Crippen LogP contribution is -2.37. The van der Waals surface area contributed by atoms with Crippen molar-refractivity contribution in [1.82, 2.24) is 4.72 Å². The van der Waals surface area contributed by atoms with Crippen LogP contribution in [-0.4, -0.2) is 28.2 Å². The van der Waals surface area contributed by atoms with Crippen LogP contribution in [0.5, 0.6) is 0 Å². The summed E-state index contributed by atoms with van der Waals surface area (Å²) in [5.74, 6) is 0. The number of hydrogen-bond acceptors (Lipinski definition) is 3. The van der Waals surface area contributed by atoms with Gasteiger partial charge in [0, 0.05) is 22.1 Å². The van der Waals surface area contributed by atoms with Gasteiger partial charge in [0.2, 0.25) is 10.0 Å². The molecule has 0 saturated heterocycles. The summed E-state index contributed by atoms with van der Waals surface area (Å²) in [4.78, 5) is 0.214. The van der Waals surface area contributed by atoms with Gasteiger partial charge in [-0.25, -0.2) is 13.1 Å². The normalized spacial score (nSPS) is 13.6. The SMILES string of the molecule is CCC(COC)NS(=O)(=O)c1cc(Br)ccc1Br. The standard InChI is InChI=1S/C11H15Br2NO3S/c1-3-9(7-17-2)14-18(15,16)11-6-8(12)4-5-10(11)13/h4-6,9,14H,3,7H2,1-2H3. The molecule has 0 fully saturated rings. The Morgan fingerprint density at radius 3 is 2.61 bits per heavy atom. The van der Waals surface area contributed by atoms with Crippen LogP contribution >= 0.6 is 31.9 Å². The van der Waals surface area contributed by atoms with Gasteiger partial charge in [0.05, 0.1) is 11.5 Å². The van der Waals surface area contributed by atoms with Crippen LogP contribution in [0.2, 0.25) is 0 Å². The molecule has 7 heteroatoms. The van der Waals surface area contributed by atoms with Gasteiger partial charge in [-0.1, -0.05) is 22.9 Å². The Labute approximate surface area is 124 Å². The fraction of sp³-hybridized carbons (Fsp3) is 0.455. The van der Waals surface area contributed by atoms with Gasteiger partial charge in [-0.3, -0.25) is 0 Å². The molecule has 0 heterocycles. The summed E-state index contributed by atoms with van der Waals surface area (Å²) in [5, 5.41) is 0. The van der Waals surface area contributed by atoms with Crippen molar-refractivity contribution < 1.29 is 13.2 Å². The summed E-state index contributed by atoms with van der Waals surface area (Å²) in [7, 11) is -2.01. The predicted molar refractivity (Wildman–Crippen MR) is 78.1 cm³/mol. The molecule has 0 saturated carbocycles. The van der Waals surface area contributed by atoms with Gasteiger partial charge >= 0.3 is 0 Å². The quantitative estimate of drug-likeness (QED) is 0.798. The highest BCUT2D eigenvalue weighted by Gasteiger charge is 2.21. The van der Waals surface area contributed by atoms with Crippen molar-refractivity contribution in [2.45, 2.75) is 24.3 Å². The molecule has 0 amide bonds. The number of sulfonamides is 1. The average molecular weight is 401 g/mol. The first-order chi connectivity index (χ1) is 8.40. The van der Waals surface area contributed by atoms with Crippen molar-refractivity contribution >= 4 is 41.9 Å². The largest absolute Gasteiger partial charge is 0.383 e. The lowest BCUT2D eigenvalue weighted by Gasteiger charge is -2.16. The number of ether oxygens (including phenoxy) is 1. The fourth-order valence-electron chi connectivity index (χ4n) is 1.40. The van der Waals surface area contributed by atoms with Crippen LogP contribution in [0.15, 0.2) is 32.0 Å². The molecule has 0 aromatic heterocycles. The highest BCUT2D eigenvalue weighted by Crippen LogP contribution is 2.25. The minimum absolute atomic E-state index is 0.214. The van der Waals surface area contributed by atoms with Crippen LogP contribution in [-0.2, 0) is 14.8 Å². The molecule has 0 bridgehead atoms. The first-order valence-corrected chi connectivity index (χ1v) is 8.44. The van der Waals surface area contributed by atoms with E-state index >= 15 is 0 Å². The van der Waals surface area contributed by atoms with E-state index in [1.54, 1.807) is 25.3 Å². The van der Waals surface area contributed by atoms with Crippen molar-refractivity contribution in [3.63, 3.8) is 0 Å². The molecular formula is C11H15Br2NO3S. The van der Waals surface area contributed by atoms with E-state index in [1.807, 2.05) is 6.92 Å². The Morgan fingerprint density at radius 2 is 2.06 bits per heavy atom. The van der Waals surface area contributed by atoms with E-state index in [1.165, 1.54) is 0 Å². The molecule has 1 rings (SSSR count). The van der Waals surface area contributed by atoms with Crippen LogP contribution in [0.3, 0.4) is 0 Å². The second kappa shape index (κ2) is 7.00. The number of halogens is 2. The Morgan fingerprint density at radius 1 is 1.39 bits per heavy atom. The zero-order chi connectivity index (χ0) is 13.8. The third-order valence-corrected chi connectivity index (χ3v) is 5.37. The molecule has 0 spiro atoms. The zero-order valence-corrected chi connectivity index (χ0v) is 14.1. The maximum absolute atomic E-state index is 12.2. The van der Waals surface area contributed by atoms with E-state index in [2.05, 4.69) is 36.6 Å². The molecule has 1 atom stereocenters. The van der Waals surface area contributed by atoms with E-state index in [9.17, 15) is 8.42 Å². The monoisotopic (exact) mass is 399 g/mol. The fourth-order valence-corrected chi connectivity index (χ4v) is 4.21. The molecule has 0 radical (unpaired) electrons. The number of hydrogen-bond donors (Lipinski definition) is 1. The maximum Gasteiger partial charge on any atom is 0.242 e. The number of methoxy groups -OCH3 is 1. The number of benzene rings is 1. The third kappa shape index (κ3) is 4.31. The van der Waals surface area contributed by atoms with Crippen LogP contribution in [0.4, 0.5) is 0 Å². The van der Waals surface area contributed by atoms with Gasteiger partial charge in [0.1, 0.15) is 0 Å². The van der Waals surface area contributed by atoms with E-state index in [0.717, 1.165) is 0 Å². The van der Waals surface area contributed by atoms with Crippen LogP contribution < -0.4 is 4.72 Å². The van der Waals surface area contributed by atoms with Crippen LogP contribution in [0.1, 0.15) is 13.3 Å². The molecule has 0 aliphatic rings. The molecule has 0 aliphatic heterocycles. The second-order valence-corrected chi connectivity index (χ2v) is 7.21. The van der Waals surface area contributed by atoms with Gasteiger partial charge in [0.15, 0.2) is 0 Å². The summed E-state index contributed by atoms with van der Waals surface area (Å²) in [6, 6.07) is 4.79. The summed E-state index contributed by atoms with van der Waals surface area (Å²) < 4.78 is 33.3. The summed E-state index contributed by atoms with van der Waals surface area (Å²) in [5.41, 5.74) is 0. The molecule has 1 aromatic rings. The molecule has 4 nitrogen and oxygen atoms in total. The first kappa shape index (κ1) is 16.1. The van der Waals surface area contributed by atoms with Crippen molar-refractivity contribution in [1.29, 1.82) is 0 Å². The Kier molecular flexibility index (Phi) is 6.26. The highest BCUT2D eigenvalue weighted by molar-refractivity contribution is 9.11. The Balaban J connectivity index is 3.02. The number of nitrogens with one attached hydrogen (secondary N) is 1. The molecule has 18 heavy (non-hydrogen) atoms. The third-order valence-electron chi connectivity index (χ3n) is 2.37. The molecule has 1 unspecified atom stereocenters. The van der Waals surface area contributed by atoms with Gasteiger partial charge in [-0.15, -0.1) is 0 Å². The molecule has 0 aliphatic carbocycles. The second-order valence-electron chi connectivity index (χ2n) is 3.76. The minimum atomic E-state index is -3.55. The van der Waals surface area contributed by atoms with Crippen LogP contribution in [0.25, 0.3) is 0 Å². The van der Waals surface area contributed by atoms with Gasteiger partial charge in [-0.2, -0.15) is 0 Å². The molecule has 102 valence electrons. The first-order valence-electron chi connectivity index (χ1n) is 5.37. The van der Waals surface area contributed by atoms with Gasteiger partial charge in [0.25, 0.3) is 0 Å². The summed E-state index contributed by atoms with van der Waals surface area (Å²) in [6.45, 7) is 2.25. The Bertz CT molecular complexity index is 505. The average Bonchev–Trinajstić information content (AvgIpc) is 2.31. The Hall–Kier alpha value is 0.0500. The van der Waals surface area contributed by atoms with Crippen molar-refractivity contribution in [3.05, 3.63) is 27.1 Å². The van der Waals surface area contributed by atoms with E-state index < -0.39 is 10.0 Å². The van der Waals surface area contributed by atoms with Crippen molar-refractivity contribution in [2.75, 3.05) is 13.7 Å². The molecular weight excluding hydrogens is 386 g/mol.